The molecule has 1 saturated heterocycles. The lowest BCUT2D eigenvalue weighted by molar-refractivity contribution is 0.0854. The predicted molar refractivity (Wildman–Crippen MR) is 71.8 cm³/mol. The number of nitrogens with zero attached hydrogens (tertiary/aromatic N) is 2. The van der Waals surface area contributed by atoms with Gasteiger partial charge in [0.15, 0.2) is 5.69 Å². The van der Waals surface area contributed by atoms with Gasteiger partial charge in [-0.1, -0.05) is 13.8 Å². The van der Waals surface area contributed by atoms with Gasteiger partial charge in [0.05, 0.1) is 18.0 Å². The first kappa shape index (κ1) is 13.7. The summed E-state index contributed by atoms with van der Waals surface area (Å²) in [5, 5.41) is 2.81. The predicted octanol–water partition coefficient (Wildman–Crippen LogP) is 1.09. The highest BCUT2D eigenvalue weighted by Gasteiger charge is 2.19. The molecule has 0 saturated carbocycles. The topological polar surface area (TPSA) is 90.1 Å². The molecule has 1 aromatic heterocycles. The van der Waals surface area contributed by atoms with E-state index in [1.54, 1.807) is 0 Å². The van der Waals surface area contributed by atoms with E-state index in [2.05, 4.69) is 15.3 Å². The number of rotatable bonds is 4. The van der Waals surface area contributed by atoms with Gasteiger partial charge in [-0.05, 0) is 12.8 Å². The molecule has 1 aliphatic heterocycles. The Balaban J connectivity index is 2.02. The van der Waals surface area contributed by atoms with Gasteiger partial charge in [0, 0.05) is 19.1 Å². The first-order valence-corrected chi connectivity index (χ1v) is 6.60. The number of anilines is 1. The van der Waals surface area contributed by atoms with Crippen molar-refractivity contribution in [3.8, 4) is 0 Å². The lowest BCUT2D eigenvalue weighted by Crippen LogP contribution is -2.33. The number of nitrogens with one attached hydrogen (secondary N) is 1. The van der Waals surface area contributed by atoms with E-state index in [1.807, 2.05) is 13.8 Å². The van der Waals surface area contributed by atoms with Crippen LogP contribution in [0.5, 0.6) is 0 Å². The highest BCUT2D eigenvalue weighted by atomic mass is 16.5. The van der Waals surface area contributed by atoms with Crippen LogP contribution in [0.2, 0.25) is 0 Å². The minimum atomic E-state index is -0.266. The van der Waals surface area contributed by atoms with Gasteiger partial charge in [-0.3, -0.25) is 4.79 Å². The van der Waals surface area contributed by atoms with Gasteiger partial charge in [0.25, 0.3) is 5.91 Å². The lowest BCUT2D eigenvalue weighted by atomic mass is 10.2. The fraction of sp³-hybridized carbons (Fsp3) is 0.615. The maximum absolute atomic E-state index is 12.1. The van der Waals surface area contributed by atoms with Crippen molar-refractivity contribution in [1.82, 2.24) is 15.3 Å². The fourth-order valence-electron chi connectivity index (χ4n) is 1.96. The molecule has 2 rings (SSSR count). The second-order valence-electron chi connectivity index (χ2n) is 5.03. The molecule has 1 amide bonds. The smallest absolute Gasteiger partial charge is 0.272 e. The van der Waals surface area contributed by atoms with Crippen molar-refractivity contribution < 1.29 is 9.53 Å². The van der Waals surface area contributed by atoms with Crippen molar-refractivity contribution in [1.29, 1.82) is 0 Å². The summed E-state index contributed by atoms with van der Waals surface area (Å²) in [4.78, 5) is 20.4. The van der Waals surface area contributed by atoms with Crippen LogP contribution >= 0.6 is 0 Å². The molecule has 0 aliphatic carbocycles. The van der Waals surface area contributed by atoms with Crippen LogP contribution in [0, 0.1) is 0 Å². The number of hydrogen-bond acceptors (Lipinski definition) is 5. The Labute approximate surface area is 112 Å². The van der Waals surface area contributed by atoms with Crippen LogP contribution in [-0.2, 0) is 4.74 Å². The number of nitrogens with two attached hydrogens (primary N) is 1. The monoisotopic (exact) mass is 264 g/mol. The molecule has 1 aliphatic rings. The Morgan fingerprint density at radius 2 is 2.42 bits per heavy atom. The number of amides is 1. The number of nitrogen functional groups attached to an aromatic ring is 1. The van der Waals surface area contributed by atoms with Crippen molar-refractivity contribution in [2.24, 2.45) is 0 Å². The molecule has 1 atom stereocenters. The average Bonchev–Trinajstić information content (AvgIpc) is 2.89. The van der Waals surface area contributed by atoms with E-state index >= 15 is 0 Å². The summed E-state index contributed by atoms with van der Waals surface area (Å²) in [6, 6.07) is 0. The van der Waals surface area contributed by atoms with Gasteiger partial charge in [-0.25, -0.2) is 9.97 Å². The summed E-state index contributed by atoms with van der Waals surface area (Å²) >= 11 is 0. The molecule has 3 N–H and O–H groups in total. The molecular formula is C13H20N4O2. The Kier molecular flexibility index (Phi) is 4.31. The second kappa shape index (κ2) is 5.97. The van der Waals surface area contributed by atoms with Crippen LogP contribution in [0.15, 0.2) is 6.20 Å². The maximum Gasteiger partial charge on any atom is 0.272 e. The summed E-state index contributed by atoms with van der Waals surface area (Å²) in [6.45, 7) is 5.21. The van der Waals surface area contributed by atoms with Crippen molar-refractivity contribution in [2.75, 3.05) is 18.9 Å². The minimum Gasteiger partial charge on any atom is -0.396 e. The largest absolute Gasteiger partial charge is 0.396 e. The molecule has 2 heterocycles. The van der Waals surface area contributed by atoms with E-state index in [4.69, 9.17) is 10.5 Å². The van der Waals surface area contributed by atoms with Crippen molar-refractivity contribution in [3.63, 3.8) is 0 Å². The standard InChI is InChI=1S/C13H20N4O2/c1-8(2)12-15-7-10(14)11(17-12)13(18)16-6-9-4-3-5-19-9/h7-9H,3-6,14H2,1-2H3,(H,16,18). The molecule has 0 bridgehead atoms. The Hall–Kier alpha value is -1.69. The number of carbonyl (C=O) groups is 1. The highest BCUT2D eigenvalue weighted by Crippen LogP contribution is 2.14. The maximum atomic E-state index is 12.1. The van der Waals surface area contributed by atoms with E-state index in [-0.39, 0.29) is 23.6 Å². The van der Waals surface area contributed by atoms with Crippen LogP contribution in [0.25, 0.3) is 0 Å². The molecule has 104 valence electrons. The number of carbonyl (C=O) groups excluding carboxylic acids is 1. The van der Waals surface area contributed by atoms with Crippen LogP contribution < -0.4 is 11.1 Å². The molecule has 19 heavy (non-hydrogen) atoms. The Morgan fingerprint density at radius 1 is 1.63 bits per heavy atom. The van der Waals surface area contributed by atoms with Crippen LogP contribution in [0.4, 0.5) is 5.69 Å². The summed E-state index contributed by atoms with van der Waals surface area (Å²) < 4.78 is 5.45. The number of aromatic nitrogens is 2. The molecule has 1 aromatic rings. The van der Waals surface area contributed by atoms with Gasteiger partial charge in [-0.2, -0.15) is 0 Å². The SMILES string of the molecule is CC(C)c1ncc(N)c(C(=O)NCC2CCCO2)n1. The summed E-state index contributed by atoms with van der Waals surface area (Å²) in [6.07, 6.45) is 3.63. The van der Waals surface area contributed by atoms with E-state index < -0.39 is 0 Å². The van der Waals surface area contributed by atoms with Gasteiger partial charge in [-0.15, -0.1) is 0 Å². The molecule has 0 aromatic carbocycles. The molecule has 6 nitrogen and oxygen atoms in total. The average molecular weight is 264 g/mol. The number of ether oxygens (including phenoxy) is 1. The first-order valence-electron chi connectivity index (χ1n) is 6.60. The second-order valence-corrected chi connectivity index (χ2v) is 5.03. The van der Waals surface area contributed by atoms with Gasteiger partial charge in [0.2, 0.25) is 0 Å². The normalized spacial score (nSPS) is 18.8. The van der Waals surface area contributed by atoms with Crippen molar-refractivity contribution >= 4 is 11.6 Å². The van der Waals surface area contributed by atoms with Crippen LogP contribution in [0.3, 0.4) is 0 Å². The zero-order valence-corrected chi connectivity index (χ0v) is 11.3. The van der Waals surface area contributed by atoms with Gasteiger partial charge in [0.1, 0.15) is 5.82 Å². The first-order chi connectivity index (χ1) is 9.08. The third kappa shape index (κ3) is 3.41. The third-order valence-electron chi connectivity index (χ3n) is 3.08. The Bertz CT molecular complexity index is 456. The van der Waals surface area contributed by atoms with Crippen molar-refractivity contribution in [2.45, 2.75) is 38.7 Å². The highest BCUT2D eigenvalue weighted by molar-refractivity contribution is 5.96. The summed E-state index contributed by atoms with van der Waals surface area (Å²) in [7, 11) is 0. The van der Waals surface area contributed by atoms with Gasteiger partial charge >= 0.3 is 0 Å². The fourth-order valence-corrected chi connectivity index (χ4v) is 1.96. The number of hydrogen-bond donors (Lipinski definition) is 2. The van der Waals surface area contributed by atoms with E-state index in [0.717, 1.165) is 19.4 Å². The summed E-state index contributed by atoms with van der Waals surface area (Å²) in [5.41, 5.74) is 6.30. The zero-order valence-electron chi connectivity index (χ0n) is 11.3. The molecular weight excluding hydrogens is 244 g/mol. The third-order valence-corrected chi connectivity index (χ3v) is 3.08. The van der Waals surface area contributed by atoms with E-state index in [1.165, 1.54) is 6.20 Å². The van der Waals surface area contributed by atoms with E-state index in [9.17, 15) is 4.79 Å². The van der Waals surface area contributed by atoms with Crippen LogP contribution in [0.1, 0.15) is 48.9 Å². The van der Waals surface area contributed by atoms with Crippen molar-refractivity contribution in [3.05, 3.63) is 17.7 Å². The molecule has 6 heteroatoms. The summed E-state index contributed by atoms with van der Waals surface area (Å²) in [5.74, 6) is 0.513. The van der Waals surface area contributed by atoms with Crippen LogP contribution in [-0.4, -0.2) is 35.1 Å². The Morgan fingerprint density at radius 3 is 3.05 bits per heavy atom. The van der Waals surface area contributed by atoms with Gasteiger partial charge < -0.3 is 15.8 Å². The minimum absolute atomic E-state index is 0.108. The quantitative estimate of drug-likeness (QED) is 0.849. The molecule has 0 radical (unpaired) electrons. The lowest BCUT2D eigenvalue weighted by Gasteiger charge is -2.12. The van der Waals surface area contributed by atoms with E-state index in [0.29, 0.717) is 18.1 Å². The zero-order chi connectivity index (χ0) is 13.8. The molecule has 1 fully saturated rings. The molecule has 1 unspecified atom stereocenters. The molecule has 0 spiro atoms.